The fourth-order valence-electron chi connectivity index (χ4n) is 3.47. The lowest BCUT2D eigenvalue weighted by atomic mass is 10.1. The molecule has 0 aliphatic carbocycles. The van der Waals surface area contributed by atoms with Gasteiger partial charge in [0, 0.05) is 0 Å². The highest BCUT2D eigenvalue weighted by atomic mass is 32.1. The van der Waals surface area contributed by atoms with E-state index in [1.165, 1.54) is 0 Å². The van der Waals surface area contributed by atoms with Crippen molar-refractivity contribution < 1.29 is 38.1 Å². The van der Waals surface area contributed by atoms with E-state index in [4.69, 9.17) is 18.9 Å². The average molecular weight is 643 g/mol. The summed E-state index contributed by atoms with van der Waals surface area (Å²) in [6.45, 7) is 7.16. The molecule has 0 radical (unpaired) electrons. The van der Waals surface area contributed by atoms with Crippen LogP contribution in [0.4, 0.5) is 0 Å². The molecule has 0 aromatic heterocycles. The maximum absolute atomic E-state index is 12.9. The molecule has 0 fully saturated rings. The normalized spacial score (nSPS) is 15.7. The Labute approximate surface area is 262 Å². The Hall–Kier alpha value is -0.720. The highest BCUT2D eigenvalue weighted by Gasteiger charge is 2.35. The number of thiol groups is 4. The number of ether oxygens (including phenoxy) is 4. The molecule has 234 valence electrons. The van der Waals surface area contributed by atoms with Crippen LogP contribution < -0.4 is 0 Å². The third-order valence-corrected chi connectivity index (χ3v) is 8.02. The summed E-state index contributed by atoms with van der Waals surface area (Å²) < 4.78 is 22.2. The third kappa shape index (κ3) is 17.3. The van der Waals surface area contributed by atoms with Crippen LogP contribution in [0.3, 0.4) is 0 Å². The summed E-state index contributed by atoms with van der Waals surface area (Å²) in [7, 11) is 0. The lowest BCUT2D eigenvalue weighted by Gasteiger charge is -2.28. The van der Waals surface area contributed by atoms with Gasteiger partial charge >= 0.3 is 23.9 Å². The van der Waals surface area contributed by atoms with Gasteiger partial charge in [0.25, 0.3) is 0 Å². The van der Waals surface area contributed by atoms with Crippen molar-refractivity contribution in [3.8, 4) is 0 Å². The van der Waals surface area contributed by atoms with Gasteiger partial charge in [0.05, 0.1) is 21.0 Å². The molecule has 0 saturated heterocycles. The molecular formula is C28H50O8S4. The van der Waals surface area contributed by atoms with Gasteiger partial charge in [-0.05, 0) is 25.7 Å². The lowest BCUT2D eigenvalue weighted by molar-refractivity contribution is -0.182. The number of hydrogen-bond acceptors (Lipinski definition) is 12. The van der Waals surface area contributed by atoms with E-state index < -0.39 is 70.3 Å². The molecule has 40 heavy (non-hydrogen) atoms. The maximum Gasteiger partial charge on any atom is 0.319 e. The van der Waals surface area contributed by atoms with Crippen molar-refractivity contribution in [1.82, 2.24) is 0 Å². The van der Waals surface area contributed by atoms with E-state index in [1.54, 1.807) is 0 Å². The van der Waals surface area contributed by atoms with E-state index in [9.17, 15) is 19.2 Å². The van der Waals surface area contributed by atoms with E-state index in [0.717, 1.165) is 51.4 Å². The third-order valence-electron chi connectivity index (χ3n) is 6.14. The number of hydrogen-bond donors (Lipinski definition) is 4. The van der Waals surface area contributed by atoms with Gasteiger partial charge in [0.2, 0.25) is 0 Å². The molecule has 12 heteroatoms. The minimum atomic E-state index is -1.24. The molecular weight excluding hydrogens is 593 g/mol. The van der Waals surface area contributed by atoms with Gasteiger partial charge in [-0.2, -0.15) is 50.5 Å². The van der Waals surface area contributed by atoms with Gasteiger partial charge in [-0.1, -0.05) is 79.1 Å². The van der Waals surface area contributed by atoms with Crippen molar-refractivity contribution in [2.45, 2.75) is 138 Å². The smallest absolute Gasteiger partial charge is 0.319 e. The van der Waals surface area contributed by atoms with Crippen LogP contribution in [0.15, 0.2) is 0 Å². The van der Waals surface area contributed by atoms with Crippen LogP contribution in [0.2, 0.25) is 0 Å². The van der Waals surface area contributed by atoms with Crippen molar-refractivity contribution in [1.29, 1.82) is 0 Å². The van der Waals surface area contributed by atoms with Crippen molar-refractivity contribution in [3.63, 3.8) is 0 Å². The molecule has 0 N–H and O–H groups in total. The van der Waals surface area contributed by atoms with E-state index in [-0.39, 0.29) is 0 Å². The van der Waals surface area contributed by atoms with Gasteiger partial charge in [-0.3, -0.25) is 19.2 Å². The standard InChI is InChI=1S/C28H50O8S4/c1-5-9-13-21(37)25(29)33-17-19(35-27(31)23(39)15-11-7-3)20(36-28(32)24(40)16-12-8-4)18-34-26(30)22(38)14-10-6-2/h19-24,37-40H,5-18H2,1-4H3/t19-,20+,21?,22?,23?,24?. The Morgan fingerprint density at radius 1 is 0.475 bits per heavy atom. The lowest BCUT2D eigenvalue weighted by Crippen LogP contribution is -2.45. The first kappa shape index (κ1) is 39.3. The molecule has 0 aromatic carbocycles. The monoisotopic (exact) mass is 642 g/mol. The minimum absolute atomic E-state index is 0.413. The molecule has 6 atom stereocenters. The van der Waals surface area contributed by atoms with Crippen LogP contribution >= 0.6 is 50.5 Å². The predicted molar refractivity (Wildman–Crippen MR) is 171 cm³/mol. The highest BCUT2D eigenvalue weighted by molar-refractivity contribution is 7.82. The summed E-state index contributed by atoms with van der Waals surface area (Å²) in [5.41, 5.74) is 0. The van der Waals surface area contributed by atoms with Crippen LogP contribution in [0, 0.1) is 0 Å². The molecule has 0 aliphatic rings. The topological polar surface area (TPSA) is 105 Å². The minimum Gasteiger partial charge on any atom is -0.461 e. The quantitative estimate of drug-likeness (QED) is 0.0625. The summed E-state index contributed by atoms with van der Waals surface area (Å²) >= 11 is 17.4. The van der Waals surface area contributed by atoms with Gasteiger partial charge in [0.15, 0.2) is 12.2 Å². The number of carbonyl (C=O) groups is 4. The van der Waals surface area contributed by atoms with Crippen molar-refractivity contribution in [3.05, 3.63) is 0 Å². The first-order valence-electron chi connectivity index (χ1n) is 14.5. The van der Waals surface area contributed by atoms with E-state index in [1.807, 2.05) is 27.7 Å². The molecule has 8 nitrogen and oxygen atoms in total. The Morgan fingerprint density at radius 2 is 0.725 bits per heavy atom. The van der Waals surface area contributed by atoms with Crippen molar-refractivity contribution >= 4 is 74.4 Å². The van der Waals surface area contributed by atoms with Gasteiger partial charge in [0.1, 0.15) is 13.2 Å². The molecule has 0 rings (SSSR count). The summed E-state index contributed by atoms with van der Waals surface area (Å²) in [4.78, 5) is 50.9. The zero-order valence-electron chi connectivity index (χ0n) is 24.4. The SMILES string of the molecule is CCCCC(S)C(=O)OC[C@H](OC(=O)C(S)CCCC)[C@@H](COC(=O)C(S)CCCC)OC(=O)C(S)CCCC. The largest absolute Gasteiger partial charge is 0.461 e. The zero-order chi connectivity index (χ0) is 30.5. The molecule has 0 spiro atoms. The fourth-order valence-corrected chi connectivity index (χ4v) is 4.47. The maximum atomic E-state index is 12.9. The van der Waals surface area contributed by atoms with E-state index in [0.29, 0.717) is 25.7 Å². The van der Waals surface area contributed by atoms with Crippen molar-refractivity contribution in [2.24, 2.45) is 0 Å². The highest BCUT2D eigenvalue weighted by Crippen LogP contribution is 2.19. The molecule has 0 amide bonds. The fraction of sp³-hybridized carbons (Fsp3) is 0.857. The second-order valence-corrected chi connectivity index (χ2v) is 12.3. The first-order valence-corrected chi connectivity index (χ1v) is 16.5. The first-order chi connectivity index (χ1) is 19.0. The molecule has 0 heterocycles. The number of rotatable bonds is 23. The molecule has 0 aromatic rings. The molecule has 0 aliphatic heterocycles. The Kier molecular flexibility index (Phi) is 23.4. The molecule has 0 saturated carbocycles. The summed E-state index contributed by atoms with van der Waals surface area (Å²) in [6.07, 6.45) is 6.15. The van der Waals surface area contributed by atoms with E-state index >= 15 is 0 Å². The van der Waals surface area contributed by atoms with Crippen molar-refractivity contribution in [2.75, 3.05) is 13.2 Å². The van der Waals surface area contributed by atoms with Gasteiger partial charge in [-0.25, -0.2) is 0 Å². The van der Waals surface area contributed by atoms with Crippen LogP contribution in [0.5, 0.6) is 0 Å². The average Bonchev–Trinajstić information content (AvgIpc) is 2.95. The van der Waals surface area contributed by atoms with Gasteiger partial charge in [-0.15, -0.1) is 0 Å². The second-order valence-electron chi connectivity index (χ2n) is 9.84. The number of esters is 4. The van der Waals surface area contributed by atoms with Crippen LogP contribution in [-0.2, 0) is 38.1 Å². The Bertz CT molecular complexity index is 679. The van der Waals surface area contributed by atoms with Crippen LogP contribution in [0.1, 0.15) is 105 Å². The number of unbranched alkanes of at least 4 members (excludes halogenated alkanes) is 4. The van der Waals surface area contributed by atoms with E-state index in [2.05, 4.69) is 50.5 Å². The molecule has 0 bridgehead atoms. The summed E-state index contributed by atoms with van der Waals surface area (Å²) in [5, 5.41) is -2.76. The Morgan fingerprint density at radius 3 is 0.975 bits per heavy atom. The number of carbonyl (C=O) groups excluding carboxylic acids is 4. The molecule has 4 unspecified atom stereocenters. The van der Waals surface area contributed by atoms with Gasteiger partial charge < -0.3 is 18.9 Å². The van der Waals surface area contributed by atoms with Crippen LogP contribution in [-0.4, -0.2) is 70.3 Å². The Balaban J connectivity index is 5.88. The zero-order valence-corrected chi connectivity index (χ0v) is 28.0. The second kappa shape index (κ2) is 23.8. The predicted octanol–water partition coefficient (Wildman–Crippen LogP) is 5.85. The summed E-state index contributed by atoms with van der Waals surface area (Å²) in [5.74, 6) is -2.47. The summed E-state index contributed by atoms with van der Waals surface area (Å²) in [6, 6.07) is 0. The van der Waals surface area contributed by atoms with Crippen LogP contribution in [0.25, 0.3) is 0 Å².